The minimum Gasteiger partial charge on any atom is -0.493 e. The van der Waals surface area contributed by atoms with Gasteiger partial charge in [0.25, 0.3) is 0 Å². The van der Waals surface area contributed by atoms with Crippen molar-refractivity contribution in [2.75, 3.05) is 7.11 Å². The van der Waals surface area contributed by atoms with Crippen LogP contribution in [0.2, 0.25) is 5.02 Å². The van der Waals surface area contributed by atoms with Crippen LogP contribution in [0.25, 0.3) is 0 Å². The number of nitrogen functional groups attached to an aromatic ring is 1. The molecule has 2 aromatic rings. The Morgan fingerprint density at radius 1 is 1.10 bits per heavy atom. The number of rotatable bonds is 4. The van der Waals surface area contributed by atoms with Crippen LogP contribution in [0.4, 0.5) is 0 Å². The van der Waals surface area contributed by atoms with E-state index in [0.717, 1.165) is 5.56 Å². The van der Waals surface area contributed by atoms with Crippen LogP contribution in [0.1, 0.15) is 11.1 Å². The smallest absolute Gasteiger partial charge is 0.169 e. The fourth-order valence-corrected chi connectivity index (χ4v) is 1.95. The third kappa shape index (κ3) is 3.03. The molecule has 0 unspecified atom stereocenters. The highest BCUT2D eigenvalue weighted by Crippen LogP contribution is 2.34. The van der Waals surface area contributed by atoms with E-state index in [1.165, 1.54) is 0 Å². The van der Waals surface area contributed by atoms with Crippen LogP contribution in [-0.2, 0) is 0 Å². The summed E-state index contributed by atoms with van der Waals surface area (Å²) in [6.07, 6.45) is 0. The lowest BCUT2D eigenvalue weighted by atomic mass is 10.2. The van der Waals surface area contributed by atoms with Crippen LogP contribution in [0.15, 0.2) is 36.4 Å². The zero-order chi connectivity index (χ0) is 14.7. The lowest BCUT2D eigenvalue weighted by molar-refractivity contribution is 0.378. The molecule has 0 aliphatic carbocycles. The van der Waals surface area contributed by atoms with Gasteiger partial charge in [-0.2, -0.15) is 0 Å². The molecule has 104 valence electrons. The minimum absolute atomic E-state index is 0.103. The van der Waals surface area contributed by atoms with Crippen molar-refractivity contribution in [3.05, 3.63) is 52.5 Å². The molecule has 0 amide bonds. The van der Waals surface area contributed by atoms with E-state index in [9.17, 15) is 0 Å². The Morgan fingerprint density at radius 3 is 2.45 bits per heavy atom. The van der Waals surface area contributed by atoms with E-state index in [0.29, 0.717) is 27.8 Å². The summed E-state index contributed by atoms with van der Waals surface area (Å²) in [6, 6.07) is 10.6. The molecular formula is C15H15ClN2O2. The maximum absolute atomic E-state index is 7.58. The standard InChI is InChI=1S/C15H15ClN2O2/c1-9-3-5-13(14(7-9)19-2)20-12-6-4-10(16)8-11(12)15(17)18/h3-8H,1-2H3,(H3,17,18). The Morgan fingerprint density at radius 2 is 1.80 bits per heavy atom. The predicted octanol–water partition coefficient (Wildman–Crippen LogP) is 3.73. The van der Waals surface area contributed by atoms with Gasteiger partial charge in [0.05, 0.1) is 12.7 Å². The average molecular weight is 291 g/mol. The van der Waals surface area contributed by atoms with Crippen molar-refractivity contribution in [2.24, 2.45) is 5.73 Å². The van der Waals surface area contributed by atoms with E-state index in [-0.39, 0.29) is 5.84 Å². The molecule has 20 heavy (non-hydrogen) atoms. The molecule has 0 spiro atoms. The summed E-state index contributed by atoms with van der Waals surface area (Å²) in [5.74, 6) is 1.54. The molecule has 3 N–H and O–H groups in total. The Hall–Kier alpha value is -2.20. The Balaban J connectivity index is 2.42. The Labute approximate surface area is 122 Å². The second-order valence-electron chi connectivity index (χ2n) is 4.31. The van der Waals surface area contributed by atoms with Gasteiger partial charge in [-0.25, -0.2) is 0 Å². The lowest BCUT2D eigenvalue weighted by Crippen LogP contribution is -2.12. The normalized spacial score (nSPS) is 10.2. The molecule has 0 aromatic heterocycles. The molecule has 5 heteroatoms. The van der Waals surface area contributed by atoms with Crippen molar-refractivity contribution in [1.82, 2.24) is 0 Å². The van der Waals surface area contributed by atoms with Gasteiger partial charge >= 0.3 is 0 Å². The van der Waals surface area contributed by atoms with Crippen LogP contribution in [0.3, 0.4) is 0 Å². The van der Waals surface area contributed by atoms with Gasteiger partial charge in [-0.1, -0.05) is 17.7 Å². The summed E-state index contributed by atoms with van der Waals surface area (Å²) >= 11 is 5.91. The maximum Gasteiger partial charge on any atom is 0.169 e. The first-order valence-electron chi connectivity index (χ1n) is 5.97. The highest BCUT2D eigenvalue weighted by molar-refractivity contribution is 6.31. The molecule has 2 rings (SSSR count). The third-order valence-electron chi connectivity index (χ3n) is 2.77. The first kappa shape index (κ1) is 14.2. The molecule has 0 radical (unpaired) electrons. The van der Waals surface area contributed by atoms with Gasteiger partial charge in [0.15, 0.2) is 11.5 Å². The number of methoxy groups -OCH3 is 1. The number of aryl methyl sites for hydroxylation is 1. The number of ether oxygens (including phenoxy) is 2. The first-order valence-corrected chi connectivity index (χ1v) is 6.35. The molecule has 0 aliphatic heterocycles. The molecule has 0 aliphatic rings. The maximum atomic E-state index is 7.58. The molecule has 0 fully saturated rings. The van der Waals surface area contributed by atoms with E-state index in [4.69, 9.17) is 32.2 Å². The monoisotopic (exact) mass is 290 g/mol. The van der Waals surface area contributed by atoms with Crippen molar-refractivity contribution in [3.8, 4) is 17.2 Å². The molecule has 0 atom stereocenters. The molecule has 4 nitrogen and oxygen atoms in total. The van der Waals surface area contributed by atoms with Gasteiger partial charge < -0.3 is 15.2 Å². The zero-order valence-corrected chi connectivity index (χ0v) is 12.0. The van der Waals surface area contributed by atoms with Gasteiger partial charge in [0.2, 0.25) is 0 Å². The van der Waals surface area contributed by atoms with Crippen molar-refractivity contribution >= 4 is 17.4 Å². The Bertz CT molecular complexity index is 656. The molecule has 0 saturated carbocycles. The van der Waals surface area contributed by atoms with Crippen molar-refractivity contribution in [2.45, 2.75) is 6.92 Å². The topological polar surface area (TPSA) is 68.3 Å². The van der Waals surface area contributed by atoms with Crippen molar-refractivity contribution in [1.29, 1.82) is 5.41 Å². The highest BCUT2D eigenvalue weighted by atomic mass is 35.5. The zero-order valence-electron chi connectivity index (χ0n) is 11.2. The Kier molecular flexibility index (Phi) is 4.15. The molecule has 0 heterocycles. The second kappa shape index (κ2) is 5.84. The lowest BCUT2D eigenvalue weighted by Gasteiger charge is -2.13. The van der Waals surface area contributed by atoms with Crippen molar-refractivity contribution < 1.29 is 9.47 Å². The number of halogens is 1. The fourth-order valence-electron chi connectivity index (χ4n) is 1.78. The first-order chi connectivity index (χ1) is 9.51. The number of nitrogens with two attached hydrogens (primary N) is 1. The molecule has 0 saturated heterocycles. The van der Waals surface area contributed by atoms with Crippen LogP contribution < -0.4 is 15.2 Å². The molecule has 0 bridgehead atoms. The van der Waals surface area contributed by atoms with Gasteiger partial charge in [0, 0.05) is 5.02 Å². The van der Waals surface area contributed by atoms with Gasteiger partial charge in [-0.3, -0.25) is 5.41 Å². The second-order valence-corrected chi connectivity index (χ2v) is 4.75. The van der Waals surface area contributed by atoms with E-state index in [1.807, 2.05) is 25.1 Å². The van der Waals surface area contributed by atoms with Crippen LogP contribution in [0.5, 0.6) is 17.2 Å². The fraction of sp³-hybridized carbons (Fsp3) is 0.133. The van der Waals surface area contributed by atoms with Gasteiger partial charge in [-0.05, 0) is 42.8 Å². The summed E-state index contributed by atoms with van der Waals surface area (Å²) in [4.78, 5) is 0. The largest absolute Gasteiger partial charge is 0.493 e. The van der Waals surface area contributed by atoms with E-state index >= 15 is 0 Å². The summed E-state index contributed by atoms with van der Waals surface area (Å²) in [5, 5.41) is 8.08. The van der Waals surface area contributed by atoms with Crippen molar-refractivity contribution in [3.63, 3.8) is 0 Å². The third-order valence-corrected chi connectivity index (χ3v) is 3.01. The number of benzene rings is 2. The number of amidine groups is 1. The van der Waals surface area contributed by atoms with Gasteiger partial charge in [-0.15, -0.1) is 0 Å². The summed E-state index contributed by atoms with van der Waals surface area (Å²) in [6.45, 7) is 1.97. The van der Waals surface area contributed by atoms with E-state index < -0.39 is 0 Å². The minimum atomic E-state index is -0.103. The highest BCUT2D eigenvalue weighted by Gasteiger charge is 2.11. The summed E-state index contributed by atoms with van der Waals surface area (Å²) in [5.41, 5.74) is 7.06. The summed E-state index contributed by atoms with van der Waals surface area (Å²) in [7, 11) is 1.58. The number of hydrogen-bond donors (Lipinski definition) is 2. The van der Waals surface area contributed by atoms with E-state index in [1.54, 1.807) is 25.3 Å². The number of hydrogen-bond acceptors (Lipinski definition) is 3. The number of nitrogens with one attached hydrogen (secondary N) is 1. The average Bonchev–Trinajstić information content (AvgIpc) is 2.42. The SMILES string of the molecule is COc1cc(C)ccc1Oc1ccc(Cl)cc1C(=N)N. The molecular weight excluding hydrogens is 276 g/mol. The van der Waals surface area contributed by atoms with Gasteiger partial charge in [0.1, 0.15) is 11.6 Å². The van der Waals surface area contributed by atoms with E-state index in [2.05, 4.69) is 0 Å². The quantitative estimate of drug-likeness (QED) is 0.666. The van der Waals surface area contributed by atoms with Crippen LogP contribution >= 0.6 is 11.6 Å². The summed E-state index contributed by atoms with van der Waals surface area (Å²) < 4.78 is 11.1. The predicted molar refractivity (Wildman–Crippen MR) is 80.3 cm³/mol. The molecule has 2 aromatic carbocycles. The van der Waals surface area contributed by atoms with Crippen LogP contribution in [0, 0.1) is 12.3 Å². The van der Waals surface area contributed by atoms with Crippen LogP contribution in [-0.4, -0.2) is 12.9 Å².